The summed E-state index contributed by atoms with van der Waals surface area (Å²) >= 11 is 0.664. The summed E-state index contributed by atoms with van der Waals surface area (Å²) in [5, 5.41) is 8.75. The van der Waals surface area contributed by atoms with Crippen LogP contribution in [0.1, 0.15) is 15.2 Å². The van der Waals surface area contributed by atoms with Crippen LogP contribution in [0.4, 0.5) is 0 Å². The summed E-state index contributed by atoms with van der Waals surface area (Å²) in [6.45, 7) is 0.0806. The van der Waals surface area contributed by atoms with Crippen LogP contribution < -0.4 is 4.89 Å². The number of carboxylic acid groups (broad SMARTS) is 1. The van der Waals surface area contributed by atoms with Crippen LogP contribution >= 0.6 is 11.3 Å². The monoisotopic (exact) mass is 313 g/mol. The van der Waals surface area contributed by atoms with Gasteiger partial charge in [0.05, 0.1) is 6.61 Å². The topological polar surface area (TPSA) is 92.7 Å². The number of sulfonamides is 1. The van der Waals surface area contributed by atoms with Gasteiger partial charge in [-0.05, 0) is 17.7 Å². The van der Waals surface area contributed by atoms with E-state index < -0.39 is 16.0 Å². The summed E-state index contributed by atoms with van der Waals surface area (Å²) < 4.78 is 23.6. The molecule has 1 heterocycles. The summed E-state index contributed by atoms with van der Waals surface area (Å²) in [5.41, 5.74) is 0.813. The molecule has 0 bridgehead atoms. The predicted molar refractivity (Wildman–Crippen MR) is 72.8 cm³/mol. The first-order chi connectivity index (χ1) is 9.49. The molecule has 0 aliphatic rings. The van der Waals surface area contributed by atoms with Crippen LogP contribution in [0.2, 0.25) is 0 Å². The van der Waals surface area contributed by atoms with E-state index in [-0.39, 0.29) is 15.7 Å². The molecule has 106 valence electrons. The first-order valence-electron chi connectivity index (χ1n) is 5.50. The molecule has 2 aromatic rings. The lowest BCUT2D eigenvalue weighted by atomic mass is 10.2. The van der Waals surface area contributed by atoms with Crippen LogP contribution in [0.15, 0.2) is 46.7 Å². The number of hydrogen-bond acceptors (Lipinski definition) is 5. The fourth-order valence-corrected chi connectivity index (χ4v) is 3.32. The summed E-state index contributed by atoms with van der Waals surface area (Å²) in [6, 6.07) is 11.5. The largest absolute Gasteiger partial charge is 0.477 e. The van der Waals surface area contributed by atoms with E-state index in [4.69, 9.17) is 9.94 Å². The Morgan fingerprint density at radius 1 is 1.20 bits per heavy atom. The molecule has 0 amide bonds. The zero-order valence-corrected chi connectivity index (χ0v) is 11.8. The van der Waals surface area contributed by atoms with Crippen LogP contribution in [0.5, 0.6) is 0 Å². The molecule has 0 saturated carbocycles. The van der Waals surface area contributed by atoms with Gasteiger partial charge in [-0.1, -0.05) is 35.2 Å². The van der Waals surface area contributed by atoms with Gasteiger partial charge in [-0.25, -0.2) is 13.2 Å². The number of carboxylic acids is 1. The molecule has 8 heteroatoms. The molecule has 0 spiro atoms. The van der Waals surface area contributed by atoms with E-state index in [1.165, 1.54) is 12.1 Å². The van der Waals surface area contributed by atoms with Crippen LogP contribution in [-0.4, -0.2) is 19.5 Å². The van der Waals surface area contributed by atoms with E-state index >= 15 is 0 Å². The quantitative estimate of drug-likeness (QED) is 0.794. The molecule has 0 radical (unpaired) electrons. The minimum absolute atomic E-state index is 0.0477. The van der Waals surface area contributed by atoms with Crippen molar-refractivity contribution in [1.29, 1.82) is 0 Å². The third-order valence-electron chi connectivity index (χ3n) is 2.31. The minimum atomic E-state index is -3.86. The van der Waals surface area contributed by atoms with Crippen molar-refractivity contribution in [3.63, 3.8) is 0 Å². The second-order valence-electron chi connectivity index (χ2n) is 3.78. The van der Waals surface area contributed by atoms with E-state index in [2.05, 4.69) is 0 Å². The number of carbonyl (C=O) groups is 1. The molecule has 2 rings (SSSR count). The van der Waals surface area contributed by atoms with Gasteiger partial charge in [-0.15, -0.1) is 11.3 Å². The lowest BCUT2D eigenvalue weighted by Crippen LogP contribution is -2.23. The molecule has 0 fully saturated rings. The van der Waals surface area contributed by atoms with Crippen LogP contribution in [0, 0.1) is 0 Å². The fraction of sp³-hybridized carbons (Fsp3) is 0.0833. The van der Waals surface area contributed by atoms with Crippen molar-refractivity contribution < 1.29 is 23.2 Å². The SMILES string of the molecule is O=C(O)c1ccc(S(=O)(=O)NOCc2ccccc2)s1. The molecule has 1 aromatic carbocycles. The van der Waals surface area contributed by atoms with Gasteiger partial charge in [0.25, 0.3) is 10.0 Å². The lowest BCUT2D eigenvalue weighted by molar-refractivity contribution is 0.0702. The average molecular weight is 313 g/mol. The Hall–Kier alpha value is -1.74. The van der Waals surface area contributed by atoms with Gasteiger partial charge < -0.3 is 5.11 Å². The Bertz CT molecular complexity index is 694. The van der Waals surface area contributed by atoms with Crippen molar-refractivity contribution in [2.45, 2.75) is 10.8 Å². The Labute approximate surface area is 119 Å². The average Bonchev–Trinajstić information content (AvgIpc) is 2.90. The number of aromatic carboxylic acids is 1. The number of hydrogen-bond donors (Lipinski definition) is 2. The van der Waals surface area contributed by atoms with Crippen molar-refractivity contribution in [3.8, 4) is 0 Å². The molecule has 6 nitrogen and oxygen atoms in total. The summed E-state index contributed by atoms with van der Waals surface area (Å²) in [4.78, 5) is 17.6. The van der Waals surface area contributed by atoms with Crippen LogP contribution in [0.3, 0.4) is 0 Å². The van der Waals surface area contributed by atoms with E-state index in [9.17, 15) is 13.2 Å². The molecule has 0 unspecified atom stereocenters. The number of thiophene rings is 1. The van der Waals surface area contributed by atoms with Gasteiger partial charge in [-0.2, -0.15) is 0 Å². The van der Waals surface area contributed by atoms with E-state index in [0.717, 1.165) is 5.56 Å². The molecular weight excluding hydrogens is 302 g/mol. The first kappa shape index (κ1) is 14.7. The predicted octanol–water partition coefficient (Wildman–Crippen LogP) is 1.86. The van der Waals surface area contributed by atoms with Gasteiger partial charge >= 0.3 is 5.97 Å². The van der Waals surface area contributed by atoms with E-state index in [0.29, 0.717) is 11.3 Å². The second kappa shape index (κ2) is 6.14. The van der Waals surface area contributed by atoms with Crippen LogP contribution in [0.25, 0.3) is 0 Å². The fourth-order valence-electron chi connectivity index (χ4n) is 1.39. The Morgan fingerprint density at radius 2 is 1.90 bits per heavy atom. The van der Waals surface area contributed by atoms with Crippen molar-refractivity contribution in [1.82, 2.24) is 4.89 Å². The Balaban J connectivity index is 1.98. The molecule has 0 atom stereocenters. The maximum atomic E-state index is 11.8. The highest BCUT2D eigenvalue weighted by molar-refractivity contribution is 7.91. The zero-order valence-electron chi connectivity index (χ0n) is 10.1. The summed E-state index contributed by atoms with van der Waals surface area (Å²) in [6.07, 6.45) is 0. The second-order valence-corrected chi connectivity index (χ2v) is 6.74. The van der Waals surface area contributed by atoms with Gasteiger partial charge in [0.15, 0.2) is 0 Å². The third-order valence-corrected chi connectivity index (χ3v) is 5.09. The molecule has 1 aromatic heterocycles. The normalized spacial score (nSPS) is 11.4. The van der Waals surface area contributed by atoms with Gasteiger partial charge in [0.1, 0.15) is 9.09 Å². The van der Waals surface area contributed by atoms with E-state index in [1.54, 1.807) is 12.1 Å². The molecule has 20 heavy (non-hydrogen) atoms. The molecule has 2 N–H and O–H groups in total. The summed E-state index contributed by atoms with van der Waals surface area (Å²) in [5.74, 6) is -1.17. The smallest absolute Gasteiger partial charge is 0.345 e. The molecule has 0 aliphatic carbocycles. The Kier molecular flexibility index (Phi) is 4.50. The van der Waals surface area contributed by atoms with Crippen molar-refractivity contribution in [3.05, 3.63) is 52.9 Å². The van der Waals surface area contributed by atoms with E-state index in [1.807, 2.05) is 23.1 Å². The molecule has 0 aliphatic heterocycles. The highest BCUT2D eigenvalue weighted by Crippen LogP contribution is 2.21. The first-order valence-corrected chi connectivity index (χ1v) is 7.79. The van der Waals surface area contributed by atoms with Gasteiger partial charge in [-0.3, -0.25) is 4.84 Å². The van der Waals surface area contributed by atoms with Crippen molar-refractivity contribution >= 4 is 27.3 Å². The van der Waals surface area contributed by atoms with Crippen molar-refractivity contribution in [2.75, 3.05) is 0 Å². The maximum absolute atomic E-state index is 11.8. The number of nitrogens with one attached hydrogen (secondary N) is 1. The standard InChI is InChI=1S/C12H11NO5S2/c14-12(15)10-6-7-11(19-10)20(16,17)13-18-8-9-4-2-1-3-5-9/h1-7,13H,8H2,(H,14,15). The Morgan fingerprint density at radius 3 is 2.50 bits per heavy atom. The zero-order chi connectivity index (χ0) is 14.6. The lowest BCUT2D eigenvalue weighted by Gasteiger charge is -2.05. The highest BCUT2D eigenvalue weighted by atomic mass is 32.2. The number of rotatable bonds is 6. The maximum Gasteiger partial charge on any atom is 0.345 e. The van der Waals surface area contributed by atoms with Crippen molar-refractivity contribution in [2.24, 2.45) is 0 Å². The van der Waals surface area contributed by atoms with Gasteiger partial charge in [0, 0.05) is 0 Å². The summed E-state index contributed by atoms with van der Waals surface area (Å²) in [7, 11) is -3.86. The molecular formula is C12H11NO5S2. The highest BCUT2D eigenvalue weighted by Gasteiger charge is 2.19. The number of benzene rings is 1. The van der Waals surface area contributed by atoms with Crippen LogP contribution in [-0.2, 0) is 21.5 Å². The van der Waals surface area contributed by atoms with Gasteiger partial charge in [0.2, 0.25) is 0 Å². The molecule has 0 saturated heterocycles. The minimum Gasteiger partial charge on any atom is -0.477 e. The third kappa shape index (κ3) is 3.64.